The Morgan fingerprint density at radius 1 is 0.868 bits per heavy atom. The van der Waals surface area contributed by atoms with E-state index in [2.05, 4.69) is 45.0 Å². The van der Waals surface area contributed by atoms with E-state index < -0.39 is 39.2 Å². The molecule has 4 aliphatic carbocycles. The van der Waals surface area contributed by atoms with Gasteiger partial charge in [0.15, 0.2) is 0 Å². The number of aryl methyl sites for hydroxylation is 1. The number of rotatable bonds is 17. The molecular formula is C46H64O7. The molecule has 0 radical (unpaired) electrons. The quantitative estimate of drug-likeness (QED) is 0.128. The Hall–Kier alpha value is -3.19. The van der Waals surface area contributed by atoms with Crippen LogP contribution < -0.4 is 0 Å². The normalized spacial score (nSPS) is 30.9. The van der Waals surface area contributed by atoms with Crippen molar-refractivity contribution in [2.24, 2.45) is 33.5 Å². The van der Waals surface area contributed by atoms with Crippen LogP contribution in [-0.2, 0) is 34.0 Å². The van der Waals surface area contributed by atoms with E-state index in [1.54, 1.807) is 6.92 Å². The Bertz CT molecular complexity index is 1630. The summed E-state index contributed by atoms with van der Waals surface area (Å²) in [6, 6.07) is 18.5. The zero-order chi connectivity index (χ0) is 38.5. The van der Waals surface area contributed by atoms with Crippen LogP contribution in [0.15, 0.2) is 54.6 Å². The molecule has 1 N–H and O–H groups in total. The largest absolute Gasteiger partial charge is 0.481 e. The Kier molecular flexibility index (Phi) is 10.8. The third-order valence-corrected chi connectivity index (χ3v) is 13.9. The maximum atomic E-state index is 15.2. The Labute approximate surface area is 317 Å². The van der Waals surface area contributed by atoms with Gasteiger partial charge in [-0.05, 0) is 138 Å². The smallest absolute Gasteiger partial charge is 0.312 e. The summed E-state index contributed by atoms with van der Waals surface area (Å²) in [5.74, 6) is -0.651. The van der Waals surface area contributed by atoms with Crippen LogP contribution in [0.25, 0.3) is 0 Å². The number of carboxylic acids is 1. The zero-order valence-corrected chi connectivity index (χ0v) is 33.6. The highest BCUT2D eigenvalue weighted by atomic mass is 16.6. The van der Waals surface area contributed by atoms with Gasteiger partial charge in [-0.15, -0.1) is 0 Å². The number of carbonyl (C=O) groups excluding carboxylic acids is 2. The van der Waals surface area contributed by atoms with Crippen molar-refractivity contribution in [2.45, 2.75) is 149 Å². The highest BCUT2D eigenvalue weighted by Crippen LogP contribution is 2.63. The van der Waals surface area contributed by atoms with Gasteiger partial charge in [-0.25, -0.2) is 0 Å². The predicted octanol–water partition coefficient (Wildman–Crippen LogP) is 9.97. The fraction of sp³-hybridized carbons (Fsp3) is 0.674. The minimum atomic E-state index is -1.32. The van der Waals surface area contributed by atoms with E-state index in [1.165, 1.54) is 19.3 Å². The highest BCUT2D eigenvalue weighted by Gasteiger charge is 2.60. The molecule has 7 nitrogen and oxygen atoms in total. The molecule has 8 atom stereocenters. The predicted molar refractivity (Wildman–Crippen MR) is 206 cm³/mol. The number of benzene rings is 2. The molecule has 8 unspecified atom stereocenters. The maximum absolute atomic E-state index is 15.2. The molecule has 1 heterocycles. The first-order chi connectivity index (χ1) is 24.8. The molecule has 2 aromatic rings. The van der Waals surface area contributed by atoms with Gasteiger partial charge in [-0.3, -0.25) is 14.4 Å². The van der Waals surface area contributed by atoms with Crippen molar-refractivity contribution in [3.63, 3.8) is 0 Å². The van der Waals surface area contributed by atoms with Gasteiger partial charge >= 0.3 is 17.9 Å². The summed E-state index contributed by atoms with van der Waals surface area (Å²) in [7, 11) is 0. The summed E-state index contributed by atoms with van der Waals surface area (Å²) in [5, 5.41) is 10.9. The lowest BCUT2D eigenvalue weighted by atomic mass is 9.48. The third-order valence-electron chi connectivity index (χ3n) is 13.9. The van der Waals surface area contributed by atoms with Crippen LogP contribution in [-0.4, -0.2) is 47.9 Å². The molecule has 290 valence electrons. The van der Waals surface area contributed by atoms with Crippen molar-refractivity contribution < 1.29 is 33.7 Å². The number of hydrogen-bond donors (Lipinski definition) is 1. The van der Waals surface area contributed by atoms with Crippen molar-refractivity contribution in [2.75, 3.05) is 13.2 Å². The standard InChI is InChI=1S/C46H64O7/c1-9-42(5,36-13-11-10-12-14-36)28-45(8,40(50)53-46-23-33-19-34(24-46)22-41(4,21-33)27-46)30-44(7,39(49)52-26-37-25-51-37)29-43(6,38(47)48)20-32(3)35-17-15-31(2)16-18-35/h10-18,32-34,37H,9,19-30H2,1-8H3,(H,47,48). The Balaban J connectivity index is 1.37. The molecule has 5 fully saturated rings. The number of aliphatic carboxylic acids is 1. The average molecular weight is 729 g/mol. The number of ether oxygens (including phenoxy) is 3. The monoisotopic (exact) mass is 728 g/mol. The lowest BCUT2D eigenvalue weighted by molar-refractivity contribution is -0.210. The first kappa shape index (κ1) is 39.5. The van der Waals surface area contributed by atoms with E-state index in [-0.39, 0.29) is 42.9 Å². The van der Waals surface area contributed by atoms with Gasteiger partial charge in [0.05, 0.1) is 22.9 Å². The highest BCUT2D eigenvalue weighted by molar-refractivity contribution is 5.83. The summed E-state index contributed by atoms with van der Waals surface area (Å²) >= 11 is 0. The average Bonchev–Trinajstić information content (AvgIpc) is 3.91. The number of hydrogen-bond acceptors (Lipinski definition) is 6. The fourth-order valence-electron chi connectivity index (χ4n) is 11.8. The SMILES string of the molecule is CCC(C)(CC(C)(CC(C)(CC(C)(CC(C)c1ccc(C)cc1)C(=O)O)C(=O)OCC1CO1)C(=O)OC12CC3CC(CC(C)(C3)C1)C2)c1ccccc1. The van der Waals surface area contributed by atoms with E-state index in [9.17, 15) is 14.7 Å². The first-order valence-electron chi connectivity index (χ1n) is 20.2. The summed E-state index contributed by atoms with van der Waals surface area (Å²) in [6.07, 6.45) is 7.81. The third kappa shape index (κ3) is 8.56. The molecule has 0 spiro atoms. The van der Waals surface area contributed by atoms with Crippen molar-refractivity contribution >= 4 is 17.9 Å². The molecule has 4 saturated carbocycles. The van der Waals surface area contributed by atoms with Crippen LogP contribution in [0.2, 0.25) is 0 Å². The van der Waals surface area contributed by atoms with Gasteiger partial charge < -0.3 is 19.3 Å². The molecule has 53 heavy (non-hydrogen) atoms. The van der Waals surface area contributed by atoms with E-state index in [0.29, 0.717) is 31.3 Å². The molecular weight excluding hydrogens is 664 g/mol. The number of carboxylic acid groups (broad SMARTS) is 1. The zero-order valence-electron chi connectivity index (χ0n) is 33.6. The van der Waals surface area contributed by atoms with Gasteiger partial charge in [0, 0.05) is 0 Å². The minimum absolute atomic E-state index is 0.0142. The van der Waals surface area contributed by atoms with Gasteiger partial charge in [-0.2, -0.15) is 0 Å². The molecule has 0 aromatic heterocycles. The molecule has 0 amide bonds. The van der Waals surface area contributed by atoms with Crippen molar-refractivity contribution in [3.05, 3.63) is 71.3 Å². The van der Waals surface area contributed by atoms with Gasteiger partial charge in [0.1, 0.15) is 18.3 Å². The van der Waals surface area contributed by atoms with Crippen LogP contribution in [0, 0.1) is 40.4 Å². The van der Waals surface area contributed by atoms with E-state index in [4.69, 9.17) is 14.2 Å². The molecule has 2 aromatic carbocycles. The molecule has 4 bridgehead atoms. The second kappa shape index (κ2) is 14.5. The summed E-state index contributed by atoms with van der Waals surface area (Å²) in [5.41, 5.74) is -1.14. The van der Waals surface area contributed by atoms with Crippen LogP contribution in [0.5, 0.6) is 0 Å². The van der Waals surface area contributed by atoms with Crippen LogP contribution >= 0.6 is 0 Å². The van der Waals surface area contributed by atoms with Crippen molar-refractivity contribution in [3.8, 4) is 0 Å². The summed E-state index contributed by atoms with van der Waals surface area (Å²) in [4.78, 5) is 43.1. The van der Waals surface area contributed by atoms with Crippen LogP contribution in [0.4, 0.5) is 0 Å². The molecule has 5 aliphatic rings. The lowest BCUT2D eigenvalue weighted by Crippen LogP contribution is -2.58. The van der Waals surface area contributed by atoms with E-state index in [0.717, 1.165) is 42.4 Å². The molecule has 7 heteroatoms. The maximum Gasteiger partial charge on any atom is 0.312 e. The first-order valence-corrected chi connectivity index (χ1v) is 20.2. The van der Waals surface area contributed by atoms with E-state index in [1.807, 2.05) is 58.0 Å². The fourth-order valence-corrected chi connectivity index (χ4v) is 11.8. The van der Waals surface area contributed by atoms with E-state index >= 15 is 4.79 Å². The molecule has 7 rings (SSSR count). The Morgan fingerprint density at radius 3 is 2.00 bits per heavy atom. The minimum Gasteiger partial charge on any atom is -0.481 e. The topological polar surface area (TPSA) is 102 Å². The number of carbonyl (C=O) groups is 3. The summed E-state index contributed by atoms with van der Waals surface area (Å²) < 4.78 is 18.3. The molecule has 1 saturated heterocycles. The number of epoxide rings is 1. The number of esters is 2. The molecule has 1 aliphatic heterocycles. The van der Waals surface area contributed by atoms with Crippen molar-refractivity contribution in [1.82, 2.24) is 0 Å². The summed E-state index contributed by atoms with van der Waals surface area (Å²) in [6.45, 7) is 17.0. The van der Waals surface area contributed by atoms with Gasteiger partial charge in [-0.1, -0.05) is 87.9 Å². The van der Waals surface area contributed by atoms with Crippen LogP contribution in [0.1, 0.15) is 142 Å². The van der Waals surface area contributed by atoms with Crippen molar-refractivity contribution in [1.29, 1.82) is 0 Å². The Morgan fingerprint density at radius 2 is 1.45 bits per heavy atom. The second-order valence-electron chi connectivity index (χ2n) is 19.7. The van der Waals surface area contributed by atoms with Gasteiger partial charge in [0.2, 0.25) is 0 Å². The second-order valence-corrected chi connectivity index (χ2v) is 19.7. The van der Waals surface area contributed by atoms with Gasteiger partial charge in [0.25, 0.3) is 0 Å². The lowest BCUT2D eigenvalue weighted by Gasteiger charge is -2.60. The van der Waals surface area contributed by atoms with Crippen LogP contribution in [0.3, 0.4) is 0 Å².